The van der Waals surface area contributed by atoms with Crippen LogP contribution in [0.1, 0.15) is 62.1 Å². The highest BCUT2D eigenvalue weighted by Gasteiger charge is 2.48. The molecule has 3 aromatic rings. The van der Waals surface area contributed by atoms with E-state index in [2.05, 4.69) is 6.92 Å². The van der Waals surface area contributed by atoms with Gasteiger partial charge in [-0.3, -0.25) is 9.32 Å². The fraction of sp³-hybridized carbons (Fsp3) is 0.472. The molecule has 1 aliphatic heterocycles. The Bertz CT molecular complexity index is 1340. The standard InChI is InChI=1S/C36H47O10P/c1-2-3-7-22-33(37)41-23-14-21-31-34(42-24-28-15-8-4-9-16-28)36(44-26-30-19-12-6-13-20-30)35(32(46-31)27-45-47(38,39)40)43-25-29-17-10-5-11-18-29/h4-6,8-13,15-20,31-32,34-36H,2-3,7,14,21-27H2,1H3,(H2,38,39,40). The topological polar surface area (TPSA) is 130 Å². The first kappa shape index (κ1) is 36.9. The molecule has 5 atom stereocenters. The summed E-state index contributed by atoms with van der Waals surface area (Å²) in [6.45, 7) is 2.59. The van der Waals surface area contributed by atoms with Gasteiger partial charge in [0.15, 0.2) is 0 Å². The van der Waals surface area contributed by atoms with Crippen molar-refractivity contribution in [3.8, 4) is 0 Å². The van der Waals surface area contributed by atoms with Crippen LogP contribution in [0.15, 0.2) is 91.0 Å². The number of ether oxygens (including phenoxy) is 5. The van der Waals surface area contributed by atoms with Gasteiger partial charge in [0.05, 0.1) is 39.1 Å². The van der Waals surface area contributed by atoms with E-state index in [1.54, 1.807) is 0 Å². The van der Waals surface area contributed by atoms with E-state index in [4.69, 9.17) is 28.2 Å². The average molecular weight is 671 g/mol. The molecule has 0 aromatic heterocycles. The summed E-state index contributed by atoms with van der Waals surface area (Å²) < 4.78 is 48.4. The molecular weight excluding hydrogens is 623 g/mol. The largest absolute Gasteiger partial charge is 0.469 e. The zero-order chi connectivity index (χ0) is 33.3. The SMILES string of the molecule is CCCCCC(=O)OCCCC1OC(COP(=O)(O)O)C(OCc2ccccc2)C(OCc2ccccc2)C1OCc1ccccc1. The van der Waals surface area contributed by atoms with Gasteiger partial charge in [0.25, 0.3) is 0 Å². The normalized spacial score (nSPS) is 21.4. The molecule has 0 radical (unpaired) electrons. The van der Waals surface area contributed by atoms with Crippen LogP contribution >= 0.6 is 7.82 Å². The molecule has 0 aliphatic carbocycles. The molecule has 11 heteroatoms. The Balaban J connectivity index is 1.59. The number of rotatable bonds is 20. The van der Waals surface area contributed by atoms with Gasteiger partial charge >= 0.3 is 13.8 Å². The van der Waals surface area contributed by atoms with Crippen LogP contribution < -0.4 is 0 Å². The summed E-state index contributed by atoms with van der Waals surface area (Å²) in [6, 6.07) is 29.0. The lowest BCUT2D eigenvalue weighted by Crippen LogP contribution is -2.61. The second-order valence-corrected chi connectivity index (χ2v) is 12.8. The first-order chi connectivity index (χ1) is 22.8. The van der Waals surface area contributed by atoms with Crippen molar-refractivity contribution in [3.05, 3.63) is 108 Å². The minimum absolute atomic E-state index is 0.205. The van der Waals surface area contributed by atoms with Crippen molar-refractivity contribution in [1.82, 2.24) is 0 Å². The Morgan fingerprint density at radius 3 is 1.68 bits per heavy atom. The molecule has 3 aromatic carbocycles. The smallest absolute Gasteiger partial charge is 0.466 e. The summed E-state index contributed by atoms with van der Waals surface area (Å²) in [7, 11) is -4.82. The molecule has 10 nitrogen and oxygen atoms in total. The minimum Gasteiger partial charge on any atom is -0.466 e. The average Bonchev–Trinajstić information content (AvgIpc) is 3.08. The fourth-order valence-corrected chi connectivity index (χ4v) is 5.82. The number of unbranched alkanes of at least 4 members (excludes halogenated alkanes) is 2. The first-order valence-corrected chi connectivity index (χ1v) is 17.8. The summed E-state index contributed by atoms with van der Waals surface area (Å²) in [5.41, 5.74) is 2.81. The Morgan fingerprint density at radius 1 is 0.702 bits per heavy atom. The quantitative estimate of drug-likeness (QED) is 0.0778. The van der Waals surface area contributed by atoms with E-state index in [9.17, 15) is 19.1 Å². The third kappa shape index (κ3) is 13.2. The van der Waals surface area contributed by atoms with Crippen molar-refractivity contribution in [2.75, 3.05) is 13.2 Å². The van der Waals surface area contributed by atoms with Gasteiger partial charge in [0.2, 0.25) is 0 Å². The van der Waals surface area contributed by atoms with Crippen molar-refractivity contribution in [3.63, 3.8) is 0 Å². The van der Waals surface area contributed by atoms with E-state index in [1.807, 2.05) is 91.0 Å². The van der Waals surface area contributed by atoms with Crippen LogP contribution in [-0.2, 0) is 57.4 Å². The maximum atomic E-state index is 12.2. The van der Waals surface area contributed by atoms with E-state index < -0.39 is 44.9 Å². The molecule has 0 spiro atoms. The Morgan fingerprint density at radius 2 is 1.19 bits per heavy atom. The van der Waals surface area contributed by atoms with Crippen LogP contribution in [0.25, 0.3) is 0 Å². The van der Waals surface area contributed by atoms with Crippen molar-refractivity contribution in [2.24, 2.45) is 0 Å². The molecule has 256 valence electrons. The van der Waals surface area contributed by atoms with Gasteiger partial charge in [0, 0.05) is 6.42 Å². The summed E-state index contributed by atoms with van der Waals surface area (Å²) in [6.07, 6.45) is 0.470. The summed E-state index contributed by atoms with van der Waals surface area (Å²) in [5, 5.41) is 0. The number of hydrogen-bond acceptors (Lipinski definition) is 8. The first-order valence-electron chi connectivity index (χ1n) is 16.3. The number of esters is 1. The van der Waals surface area contributed by atoms with Crippen LogP contribution in [0.2, 0.25) is 0 Å². The third-order valence-electron chi connectivity index (χ3n) is 7.87. The minimum atomic E-state index is -4.82. The van der Waals surface area contributed by atoms with Crippen LogP contribution in [0.4, 0.5) is 0 Å². The maximum Gasteiger partial charge on any atom is 0.469 e. The van der Waals surface area contributed by atoms with Gasteiger partial charge in [-0.2, -0.15) is 0 Å². The van der Waals surface area contributed by atoms with Gasteiger partial charge in [-0.05, 0) is 36.0 Å². The lowest BCUT2D eigenvalue weighted by molar-refractivity contribution is -0.270. The second kappa shape index (κ2) is 19.8. The molecule has 2 N–H and O–H groups in total. The Labute approximate surface area is 277 Å². The summed E-state index contributed by atoms with van der Waals surface area (Å²) in [5.74, 6) is -0.230. The zero-order valence-corrected chi connectivity index (χ0v) is 27.8. The van der Waals surface area contributed by atoms with Crippen LogP contribution in [0.3, 0.4) is 0 Å². The highest BCUT2D eigenvalue weighted by atomic mass is 31.2. The van der Waals surface area contributed by atoms with E-state index in [-0.39, 0.29) is 32.4 Å². The molecule has 1 aliphatic rings. The molecule has 0 saturated carbocycles. The van der Waals surface area contributed by atoms with Gasteiger partial charge in [-0.1, -0.05) is 111 Å². The molecule has 4 rings (SSSR count). The van der Waals surface area contributed by atoms with Crippen LogP contribution in [0.5, 0.6) is 0 Å². The molecule has 1 fully saturated rings. The number of carbonyl (C=O) groups is 1. The summed E-state index contributed by atoms with van der Waals surface area (Å²) in [4.78, 5) is 31.4. The van der Waals surface area contributed by atoms with Crippen molar-refractivity contribution in [2.45, 2.75) is 95.8 Å². The molecule has 1 saturated heterocycles. The third-order valence-corrected chi connectivity index (χ3v) is 8.36. The van der Waals surface area contributed by atoms with Crippen molar-refractivity contribution >= 4 is 13.8 Å². The lowest BCUT2D eigenvalue weighted by atomic mass is 9.92. The van der Waals surface area contributed by atoms with Crippen molar-refractivity contribution in [1.29, 1.82) is 0 Å². The summed E-state index contributed by atoms with van der Waals surface area (Å²) >= 11 is 0. The predicted octanol–water partition coefficient (Wildman–Crippen LogP) is 6.52. The maximum absolute atomic E-state index is 12.2. The van der Waals surface area contributed by atoms with Crippen molar-refractivity contribution < 1.29 is 47.4 Å². The Hall–Kier alpha value is -2.92. The molecule has 5 unspecified atom stereocenters. The van der Waals surface area contributed by atoms with Gasteiger partial charge in [-0.25, -0.2) is 4.57 Å². The highest BCUT2D eigenvalue weighted by molar-refractivity contribution is 7.46. The molecule has 47 heavy (non-hydrogen) atoms. The fourth-order valence-electron chi connectivity index (χ4n) is 5.48. The van der Waals surface area contributed by atoms with Gasteiger partial charge in [-0.15, -0.1) is 0 Å². The molecular formula is C36H47O10P. The van der Waals surface area contributed by atoms with E-state index in [1.165, 1.54) is 0 Å². The van der Waals surface area contributed by atoms with Gasteiger partial charge in [0.1, 0.15) is 24.4 Å². The number of carbonyl (C=O) groups excluding carboxylic acids is 1. The number of phosphoric ester groups is 1. The van der Waals surface area contributed by atoms with E-state index in [0.29, 0.717) is 19.3 Å². The zero-order valence-electron chi connectivity index (χ0n) is 26.9. The van der Waals surface area contributed by atoms with E-state index in [0.717, 1.165) is 36.0 Å². The van der Waals surface area contributed by atoms with E-state index >= 15 is 0 Å². The monoisotopic (exact) mass is 670 g/mol. The molecule has 1 heterocycles. The molecule has 0 bridgehead atoms. The number of hydrogen-bond donors (Lipinski definition) is 2. The Kier molecular flexibility index (Phi) is 15.5. The highest BCUT2D eigenvalue weighted by Crippen LogP contribution is 2.39. The second-order valence-electron chi connectivity index (χ2n) is 11.6. The molecule has 0 amide bonds. The van der Waals surface area contributed by atoms with Crippen LogP contribution in [0, 0.1) is 0 Å². The predicted molar refractivity (Wildman–Crippen MR) is 176 cm³/mol. The van der Waals surface area contributed by atoms with Gasteiger partial charge < -0.3 is 33.5 Å². The van der Waals surface area contributed by atoms with Crippen LogP contribution in [-0.4, -0.2) is 59.5 Å². The number of benzene rings is 3. The lowest BCUT2D eigenvalue weighted by Gasteiger charge is -2.46. The number of phosphoric acid groups is 1.